The summed E-state index contributed by atoms with van der Waals surface area (Å²) in [6.45, 7) is 6.27. The summed E-state index contributed by atoms with van der Waals surface area (Å²) in [5, 5.41) is 3.41. The lowest BCUT2D eigenvalue weighted by atomic mass is 9.93. The molecule has 0 aromatic heterocycles. The second kappa shape index (κ2) is 6.62. The van der Waals surface area contributed by atoms with Crippen LogP contribution in [0.1, 0.15) is 30.7 Å². The molecule has 3 fully saturated rings. The molecule has 4 nitrogen and oxygen atoms in total. The number of carbonyl (C=O) groups excluding carboxylic acids is 1. The first-order chi connectivity index (χ1) is 11.3. The van der Waals surface area contributed by atoms with Crippen molar-refractivity contribution < 1.29 is 4.79 Å². The molecule has 2 unspecified atom stereocenters. The highest BCUT2D eigenvalue weighted by atomic mass is 16.2. The van der Waals surface area contributed by atoms with E-state index in [4.69, 9.17) is 0 Å². The van der Waals surface area contributed by atoms with Gasteiger partial charge in [0, 0.05) is 45.3 Å². The van der Waals surface area contributed by atoms with Gasteiger partial charge in [0.1, 0.15) is 0 Å². The van der Waals surface area contributed by atoms with Gasteiger partial charge >= 0.3 is 0 Å². The minimum atomic E-state index is 0.0953. The van der Waals surface area contributed by atoms with Gasteiger partial charge in [0.05, 0.1) is 5.92 Å². The summed E-state index contributed by atoms with van der Waals surface area (Å²) in [6.07, 6.45) is 3.55. The summed E-state index contributed by atoms with van der Waals surface area (Å²) in [4.78, 5) is 17.9. The van der Waals surface area contributed by atoms with Crippen LogP contribution in [0.3, 0.4) is 0 Å². The van der Waals surface area contributed by atoms with Gasteiger partial charge in [-0.3, -0.25) is 9.69 Å². The lowest BCUT2D eigenvalue weighted by Gasteiger charge is -2.33. The number of piperazine rings is 1. The van der Waals surface area contributed by atoms with Crippen molar-refractivity contribution in [3.8, 4) is 0 Å². The second-order valence-corrected chi connectivity index (χ2v) is 7.24. The summed E-state index contributed by atoms with van der Waals surface area (Å²) in [6, 6.07) is 11.0. The van der Waals surface area contributed by atoms with Crippen molar-refractivity contribution in [2.45, 2.75) is 31.2 Å². The highest BCUT2D eigenvalue weighted by molar-refractivity contribution is 5.84. The van der Waals surface area contributed by atoms with Crippen LogP contribution >= 0.6 is 0 Å². The zero-order valence-corrected chi connectivity index (χ0v) is 13.8. The first-order valence-electron chi connectivity index (χ1n) is 9.11. The van der Waals surface area contributed by atoms with Crippen LogP contribution in [0.15, 0.2) is 30.3 Å². The molecule has 23 heavy (non-hydrogen) atoms. The van der Waals surface area contributed by atoms with E-state index in [0.717, 1.165) is 45.7 Å². The minimum Gasteiger partial charge on any atom is -0.341 e. The monoisotopic (exact) mass is 313 g/mol. The van der Waals surface area contributed by atoms with Crippen LogP contribution < -0.4 is 5.32 Å². The summed E-state index contributed by atoms with van der Waals surface area (Å²) in [5.41, 5.74) is 1.21. The normalized spacial score (nSPS) is 27.1. The Morgan fingerprint density at radius 2 is 1.78 bits per heavy atom. The fourth-order valence-corrected chi connectivity index (χ4v) is 4.19. The molecule has 0 bridgehead atoms. The number of likely N-dealkylation sites (tertiary alicyclic amines) is 1. The molecule has 1 amide bonds. The SMILES string of the molecule is O=C(C(c1ccccc1)C1CC1)N1CCC(N2CCNCC2)C1. The van der Waals surface area contributed by atoms with Crippen LogP contribution in [0.4, 0.5) is 0 Å². The maximum absolute atomic E-state index is 13.2. The number of nitrogens with one attached hydrogen (secondary N) is 1. The van der Waals surface area contributed by atoms with Crippen molar-refractivity contribution in [1.29, 1.82) is 0 Å². The molecular weight excluding hydrogens is 286 g/mol. The van der Waals surface area contributed by atoms with Gasteiger partial charge in [0.15, 0.2) is 0 Å². The summed E-state index contributed by atoms with van der Waals surface area (Å²) < 4.78 is 0. The number of nitrogens with zero attached hydrogens (tertiary/aromatic N) is 2. The van der Waals surface area contributed by atoms with Crippen molar-refractivity contribution in [2.75, 3.05) is 39.3 Å². The van der Waals surface area contributed by atoms with Gasteiger partial charge in [-0.05, 0) is 30.7 Å². The second-order valence-electron chi connectivity index (χ2n) is 7.24. The lowest BCUT2D eigenvalue weighted by Crippen LogP contribution is -2.49. The van der Waals surface area contributed by atoms with E-state index in [1.165, 1.54) is 18.4 Å². The summed E-state index contributed by atoms with van der Waals surface area (Å²) in [5.74, 6) is 1.04. The van der Waals surface area contributed by atoms with Crippen molar-refractivity contribution in [3.63, 3.8) is 0 Å². The standard InChI is InChI=1S/C19H27N3O/c23-19(18(16-6-7-16)15-4-2-1-3-5-15)22-11-8-17(14-22)21-12-9-20-10-13-21/h1-5,16-18,20H,6-14H2. The van der Waals surface area contributed by atoms with Gasteiger partial charge in [-0.15, -0.1) is 0 Å². The van der Waals surface area contributed by atoms with Crippen LogP contribution in [-0.4, -0.2) is 61.0 Å². The lowest BCUT2D eigenvalue weighted by molar-refractivity contribution is -0.132. The Labute approximate surface area is 138 Å². The van der Waals surface area contributed by atoms with E-state index in [1.54, 1.807) is 0 Å². The predicted octanol–water partition coefficient (Wildman–Crippen LogP) is 1.69. The molecule has 2 heterocycles. The van der Waals surface area contributed by atoms with E-state index >= 15 is 0 Å². The number of carbonyl (C=O) groups is 1. The van der Waals surface area contributed by atoms with Crippen LogP contribution in [0.2, 0.25) is 0 Å². The Kier molecular flexibility index (Phi) is 4.36. The molecule has 1 aromatic carbocycles. The summed E-state index contributed by atoms with van der Waals surface area (Å²) >= 11 is 0. The van der Waals surface area contributed by atoms with Gasteiger partial charge in [-0.2, -0.15) is 0 Å². The number of benzene rings is 1. The fourth-order valence-electron chi connectivity index (χ4n) is 4.19. The first-order valence-corrected chi connectivity index (χ1v) is 9.11. The minimum absolute atomic E-state index is 0.0953. The average molecular weight is 313 g/mol. The van der Waals surface area contributed by atoms with Gasteiger partial charge in [-0.25, -0.2) is 0 Å². The highest BCUT2D eigenvalue weighted by Crippen LogP contribution is 2.44. The molecule has 2 aliphatic heterocycles. The third kappa shape index (κ3) is 3.29. The van der Waals surface area contributed by atoms with Crippen molar-refractivity contribution in [1.82, 2.24) is 15.1 Å². The zero-order valence-electron chi connectivity index (χ0n) is 13.8. The number of hydrogen-bond acceptors (Lipinski definition) is 3. The molecule has 1 aliphatic carbocycles. The van der Waals surface area contributed by atoms with E-state index in [9.17, 15) is 4.79 Å². The van der Waals surface area contributed by atoms with Crippen LogP contribution in [0.5, 0.6) is 0 Å². The number of hydrogen-bond donors (Lipinski definition) is 1. The predicted molar refractivity (Wildman–Crippen MR) is 91.3 cm³/mol. The van der Waals surface area contributed by atoms with Gasteiger partial charge in [-0.1, -0.05) is 30.3 Å². The number of amides is 1. The van der Waals surface area contributed by atoms with E-state index in [2.05, 4.69) is 39.4 Å². The first kappa shape index (κ1) is 15.2. The van der Waals surface area contributed by atoms with Gasteiger partial charge in [0.2, 0.25) is 5.91 Å². The maximum Gasteiger partial charge on any atom is 0.230 e. The molecule has 1 N–H and O–H groups in total. The molecule has 1 saturated carbocycles. The molecule has 2 saturated heterocycles. The van der Waals surface area contributed by atoms with Gasteiger partial charge < -0.3 is 10.2 Å². The van der Waals surface area contributed by atoms with E-state index in [-0.39, 0.29) is 5.92 Å². The van der Waals surface area contributed by atoms with Gasteiger partial charge in [0.25, 0.3) is 0 Å². The van der Waals surface area contributed by atoms with Crippen molar-refractivity contribution >= 4 is 5.91 Å². The third-order valence-corrected chi connectivity index (χ3v) is 5.66. The number of rotatable bonds is 4. The molecule has 0 radical (unpaired) electrons. The molecule has 1 aromatic rings. The Hall–Kier alpha value is -1.39. The molecule has 2 atom stereocenters. The van der Waals surface area contributed by atoms with Crippen molar-refractivity contribution in [3.05, 3.63) is 35.9 Å². The van der Waals surface area contributed by atoms with E-state index < -0.39 is 0 Å². The maximum atomic E-state index is 13.2. The average Bonchev–Trinajstić information content (AvgIpc) is 3.31. The van der Waals surface area contributed by atoms with Crippen molar-refractivity contribution in [2.24, 2.45) is 5.92 Å². The molecule has 0 spiro atoms. The highest BCUT2D eigenvalue weighted by Gasteiger charge is 2.41. The topological polar surface area (TPSA) is 35.6 Å². The summed E-state index contributed by atoms with van der Waals surface area (Å²) in [7, 11) is 0. The van der Waals surface area contributed by atoms with Crippen LogP contribution in [-0.2, 0) is 4.79 Å². The Bertz CT molecular complexity index is 537. The smallest absolute Gasteiger partial charge is 0.230 e. The van der Waals surface area contributed by atoms with E-state index in [0.29, 0.717) is 17.9 Å². The molecule has 4 rings (SSSR count). The van der Waals surface area contributed by atoms with Crippen LogP contribution in [0, 0.1) is 5.92 Å². The molecule has 4 heteroatoms. The Balaban J connectivity index is 1.43. The van der Waals surface area contributed by atoms with Crippen LogP contribution in [0.25, 0.3) is 0 Å². The Morgan fingerprint density at radius 1 is 1.04 bits per heavy atom. The quantitative estimate of drug-likeness (QED) is 0.919. The third-order valence-electron chi connectivity index (χ3n) is 5.66. The van der Waals surface area contributed by atoms with E-state index in [1.807, 2.05) is 6.07 Å². The zero-order chi connectivity index (χ0) is 15.6. The molecular formula is C19H27N3O. The molecule has 124 valence electrons. The fraction of sp³-hybridized carbons (Fsp3) is 0.632. The largest absolute Gasteiger partial charge is 0.341 e. The molecule has 3 aliphatic rings. The Morgan fingerprint density at radius 3 is 2.48 bits per heavy atom.